The van der Waals surface area contributed by atoms with Gasteiger partial charge in [0.1, 0.15) is 6.04 Å². The highest BCUT2D eigenvalue weighted by molar-refractivity contribution is 7.89. The van der Waals surface area contributed by atoms with Gasteiger partial charge in [0.05, 0.1) is 4.90 Å². The third-order valence-electron chi connectivity index (χ3n) is 3.95. The third-order valence-corrected chi connectivity index (χ3v) is 5.44. The summed E-state index contributed by atoms with van der Waals surface area (Å²) in [5, 5.41) is 2.86. The van der Waals surface area contributed by atoms with Crippen molar-refractivity contribution >= 4 is 15.9 Å². The maximum absolute atomic E-state index is 12.6. The van der Waals surface area contributed by atoms with Crippen LogP contribution in [0.5, 0.6) is 0 Å². The molecule has 134 valence electrons. The summed E-state index contributed by atoms with van der Waals surface area (Å²) < 4.78 is 27.8. The summed E-state index contributed by atoms with van der Waals surface area (Å²) in [5.41, 5.74) is 0.891. The monoisotopic (exact) mass is 360 g/mol. The van der Waals surface area contributed by atoms with Gasteiger partial charge in [0, 0.05) is 6.04 Å². The minimum absolute atomic E-state index is 0.0213. The number of nitrogens with one attached hydrogen (secondary N) is 2. The van der Waals surface area contributed by atoms with Gasteiger partial charge in [-0.2, -0.15) is 4.72 Å². The van der Waals surface area contributed by atoms with Crippen molar-refractivity contribution in [3.8, 4) is 0 Å². The summed E-state index contributed by atoms with van der Waals surface area (Å²) in [4.78, 5) is 12.7. The third kappa shape index (κ3) is 5.69. The number of carbonyl (C=O) groups is 1. The van der Waals surface area contributed by atoms with Crippen molar-refractivity contribution < 1.29 is 13.2 Å². The molecule has 2 atom stereocenters. The van der Waals surface area contributed by atoms with Crippen LogP contribution in [0.1, 0.15) is 25.8 Å². The number of carbonyl (C=O) groups excluding carboxylic acids is 1. The number of amides is 1. The van der Waals surface area contributed by atoms with E-state index in [-0.39, 0.29) is 23.3 Å². The molecule has 5 nitrogen and oxygen atoms in total. The fraction of sp³-hybridized carbons (Fsp3) is 0.316. The number of hydrogen-bond acceptors (Lipinski definition) is 3. The van der Waals surface area contributed by atoms with Gasteiger partial charge in [-0.05, 0) is 37.5 Å². The second kappa shape index (κ2) is 8.78. The number of rotatable bonds is 8. The average Bonchev–Trinajstić information content (AvgIpc) is 2.62. The van der Waals surface area contributed by atoms with E-state index < -0.39 is 16.1 Å². The Bertz CT molecular complexity index is 777. The van der Waals surface area contributed by atoms with Gasteiger partial charge in [-0.1, -0.05) is 55.5 Å². The van der Waals surface area contributed by atoms with Crippen LogP contribution in [-0.2, 0) is 21.2 Å². The molecule has 0 aliphatic heterocycles. The van der Waals surface area contributed by atoms with Gasteiger partial charge >= 0.3 is 0 Å². The molecule has 0 unspecified atom stereocenters. The van der Waals surface area contributed by atoms with Gasteiger partial charge in [-0.3, -0.25) is 4.79 Å². The van der Waals surface area contributed by atoms with Crippen molar-refractivity contribution in [2.24, 2.45) is 0 Å². The maximum atomic E-state index is 12.6. The van der Waals surface area contributed by atoms with E-state index >= 15 is 0 Å². The van der Waals surface area contributed by atoms with Crippen LogP contribution in [0, 0.1) is 0 Å². The molecule has 2 N–H and O–H groups in total. The quantitative estimate of drug-likeness (QED) is 0.759. The Morgan fingerprint density at radius 3 is 2.12 bits per heavy atom. The van der Waals surface area contributed by atoms with E-state index in [4.69, 9.17) is 0 Å². The normalized spacial score (nSPS) is 13.8. The van der Waals surface area contributed by atoms with Crippen LogP contribution >= 0.6 is 0 Å². The first-order valence-electron chi connectivity index (χ1n) is 8.34. The lowest BCUT2D eigenvalue weighted by Gasteiger charge is -2.21. The lowest BCUT2D eigenvalue weighted by atomic mass is 10.1. The molecule has 0 aliphatic rings. The molecule has 0 radical (unpaired) electrons. The Morgan fingerprint density at radius 2 is 1.56 bits per heavy atom. The topological polar surface area (TPSA) is 75.3 Å². The zero-order valence-electron chi connectivity index (χ0n) is 14.5. The highest BCUT2D eigenvalue weighted by Gasteiger charge is 2.26. The molecule has 0 fully saturated rings. The Labute approximate surface area is 149 Å². The summed E-state index contributed by atoms with van der Waals surface area (Å²) in [7, 11) is -3.78. The van der Waals surface area contributed by atoms with Gasteiger partial charge in [-0.15, -0.1) is 0 Å². The van der Waals surface area contributed by atoms with E-state index in [2.05, 4.69) is 10.0 Å². The molecule has 0 heterocycles. The van der Waals surface area contributed by atoms with Crippen LogP contribution in [0.3, 0.4) is 0 Å². The van der Waals surface area contributed by atoms with E-state index in [1.807, 2.05) is 44.2 Å². The van der Waals surface area contributed by atoms with Gasteiger partial charge in [0.2, 0.25) is 15.9 Å². The molecule has 25 heavy (non-hydrogen) atoms. The van der Waals surface area contributed by atoms with Crippen LogP contribution in [0.25, 0.3) is 0 Å². The van der Waals surface area contributed by atoms with E-state index in [9.17, 15) is 13.2 Å². The van der Waals surface area contributed by atoms with Crippen molar-refractivity contribution in [2.45, 2.75) is 43.7 Å². The van der Waals surface area contributed by atoms with Crippen LogP contribution in [-0.4, -0.2) is 26.4 Å². The van der Waals surface area contributed by atoms with Crippen molar-refractivity contribution in [3.05, 3.63) is 66.2 Å². The molecule has 2 aromatic rings. The second-order valence-electron chi connectivity index (χ2n) is 5.99. The second-order valence-corrected chi connectivity index (χ2v) is 7.71. The predicted molar refractivity (Wildman–Crippen MR) is 98.6 cm³/mol. The zero-order chi connectivity index (χ0) is 18.3. The first-order chi connectivity index (χ1) is 11.9. The Balaban J connectivity index is 2.23. The van der Waals surface area contributed by atoms with Crippen molar-refractivity contribution in [2.75, 3.05) is 0 Å². The van der Waals surface area contributed by atoms with Gasteiger partial charge < -0.3 is 5.32 Å². The SMILES string of the molecule is CC[C@@H](C)NC(=O)[C@H](Cc1ccccc1)NS(=O)(=O)c1ccccc1. The summed E-state index contributed by atoms with van der Waals surface area (Å²) in [6, 6.07) is 16.5. The summed E-state index contributed by atoms with van der Waals surface area (Å²) in [5.74, 6) is -0.322. The van der Waals surface area contributed by atoms with Crippen LogP contribution < -0.4 is 10.0 Å². The van der Waals surface area contributed by atoms with Crippen LogP contribution in [0.2, 0.25) is 0 Å². The minimum atomic E-state index is -3.78. The van der Waals surface area contributed by atoms with E-state index in [1.165, 1.54) is 12.1 Å². The molecule has 6 heteroatoms. The molecular formula is C19H24N2O3S. The Morgan fingerprint density at radius 1 is 1.00 bits per heavy atom. The lowest BCUT2D eigenvalue weighted by Crippen LogP contribution is -2.50. The number of sulfonamides is 1. The molecule has 0 spiro atoms. The smallest absolute Gasteiger partial charge is 0.241 e. The fourth-order valence-corrected chi connectivity index (χ4v) is 3.55. The molecule has 2 aromatic carbocycles. The van der Waals surface area contributed by atoms with Crippen LogP contribution in [0.15, 0.2) is 65.6 Å². The minimum Gasteiger partial charge on any atom is -0.352 e. The zero-order valence-corrected chi connectivity index (χ0v) is 15.3. The molecule has 0 saturated heterocycles. The van der Waals surface area contributed by atoms with Gasteiger partial charge in [-0.25, -0.2) is 8.42 Å². The largest absolute Gasteiger partial charge is 0.352 e. The highest BCUT2D eigenvalue weighted by Crippen LogP contribution is 2.11. The molecule has 0 aromatic heterocycles. The first kappa shape index (κ1) is 19.1. The van der Waals surface area contributed by atoms with Gasteiger partial charge in [0.15, 0.2) is 0 Å². The average molecular weight is 360 g/mol. The fourth-order valence-electron chi connectivity index (χ4n) is 2.34. The summed E-state index contributed by atoms with van der Waals surface area (Å²) in [6.45, 7) is 3.86. The van der Waals surface area contributed by atoms with Gasteiger partial charge in [0.25, 0.3) is 0 Å². The number of hydrogen-bond donors (Lipinski definition) is 2. The standard InChI is InChI=1S/C19H24N2O3S/c1-3-15(2)20-19(22)18(14-16-10-6-4-7-11-16)21-25(23,24)17-12-8-5-9-13-17/h4-13,15,18,21H,3,14H2,1-2H3,(H,20,22)/t15-,18+/m1/s1. The highest BCUT2D eigenvalue weighted by atomic mass is 32.2. The maximum Gasteiger partial charge on any atom is 0.241 e. The van der Waals surface area contributed by atoms with Crippen molar-refractivity contribution in [1.82, 2.24) is 10.0 Å². The first-order valence-corrected chi connectivity index (χ1v) is 9.82. The molecule has 0 saturated carbocycles. The summed E-state index contributed by atoms with van der Waals surface area (Å²) in [6.07, 6.45) is 1.06. The Hall–Kier alpha value is -2.18. The van der Waals surface area contributed by atoms with E-state index in [1.54, 1.807) is 18.2 Å². The predicted octanol–water partition coefficient (Wildman–Crippen LogP) is 2.49. The molecule has 1 amide bonds. The van der Waals surface area contributed by atoms with Crippen LogP contribution in [0.4, 0.5) is 0 Å². The lowest BCUT2D eigenvalue weighted by molar-refractivity contribution is -0.123. The molecule has 2 rings (SSSR count). The molecular weight excluding hydrogens is 336 g/mol. The van der Waals surface area contributed by atoms with Crippen molar-refractivity contribution in [1.29, 1.82) is 0 Å². The van der Waals surface area contributed by atoms with Crippen molar-refractivity contribution in [3.63, 3.8) is 0 Å². The molecule has 0 bridgehead atoms. The Kier molecular flexibility index (Phi) is 6.73. The summed E-state index contributed by atoms with van der Waals surface area (Å²) >= 11 is 0. The number of benzene rings is 2. The molecule has 0 aliphatic carbocycles. The van der Waals surface area contributed by atoms with E-state index in [0.29, 0.717) is 0 Å². The van der Waals surface area contributed by atoms with E-state index in [0.717, 1.165) is 12.0 Å².